The summed E-state index contributed by atoms with van der Waals surface area (Å²) in [6.45, 7) is 0.807. The average Bonchev–Trinajstić information content (AvgIpc) is 3.23. The molecule has 1 aromatic rings. The minimum Gasteiger partial charge on any atom is -0.373 e. The van der Waals surface area contributed by atoms with E-state index < -0.39 is 0 Å². The number of thioether (sulfide) groups is 1. The lowest BCUT2D eigenvalue weighted by Gasteiger charge is -2.21. The smallest absolute Gasteiger partial charge is 0.160 e. The van der Waals surface area contributed by atoms with Crippen molar-refractivity contribution in [1.29, 1.82) is 0 Å². The molecule has 0 amide bonds. The molecule has 1 saturated heterocycles. The lowest BCUT2D eigenvalue weighted by Crippen LogP contribution is -2.19. The number of aromatic nitrogens is 2. The second-order valence-electron chi connectivity index (χ2n) is 4.49. The SMILES string of the molecule is CNc1cc(C2CC2)nc(C2CSCCO2)n1. The summed E-state index contributed by atoms with van der Waals surface area (Å²) >= 11 is 1.92. The first-order valence-electron chi connectivity index (χ1n) is 6.13. The van der Waals surface area contributed by atoms with Crippen LogP contribution in [-0.4, -0.2) is 35.1 Å². The van der Waals surface area contributed by atoms with E-state index in [1.807, 2.05) is 18.8 Å². The molecule has 1 saturated carbocycles. The van der Waals surface area contributed by atoms with E-state index in [4.69, 9.17) is 4.74 Å². The lowest BCUT2D eigenvalue weighted by molar-refractivity contribution is 0.0693. The van der Waals surface area contributed by atoms with Gasteiger partial charge in [-0.15, -0.1) is 0 Å². The molecule has 1 aromatic heterocycles. The second kappa shape index (κ2) is 4.82. The second-order valence-corrected chi connectivity index (χ2v) is 5.64. The molecule has 5 heteroatoms. The van der Waals surface area contributed by atoms with Gasteiger partial charge in [0.15, 0.2) is 5.82 Å². The van der Waals surface area contributed by atoms with Crippen LogP contribution >= 0.6 is 11.8 Å². The molecule has 92 valence electrons. The van der Waals surface area contributed by atoms with Gasteiger partial charge in [-0.3, -0.25) is 0 Å². The van der Waals surface area contributed by atoms with Gasteiger partial charge < -0.3 is 10.1 Å². The first-order valence-corrected chi connectivity index (χ1v) is 7.28. The topological polar surface area (TPSA) is 47.0 Å². The van der Waals surface area contributed by atoms with Crippen LogP contribution in [0.5, 0.6) is 0 Å². The summed E-state index contributed by atoms with van der Waals surface area (Å²) in [4.78, 5) is 9.20. The van der Waals surface area contributed by atoms with E-state index in [9.17, 15) is 0 Å². The number of ether oxygens (including phenoxy) is 1. The summed E-state index contributed by atoms with van der Waals surface area (Å²) in [5, 5.41) is 3.12. The number of rotatable bonds is 3. The maximum atomic E-state index is 5.75. The highest BCUT2D eigenvalue weighted by atomic mass is 32.2. The molecular weight excluding hydrogens is 234 g/mol. The van der Waals surface area contributed by atoms with Crippen molar-refractivity contribution < 1.29 is 4.74 Å². The molecule has 1 atom stereocenters. The Kier molecular flexibility index (Phi) is 3.20. The number of nitrogens with zero attached hydrogens (tertiary/aromatic N) is 2. The summed E-state index contributed by atoms with van der Waals surface area (Å²) in [5.74, 6) is 4.47. The standard InChI is InChI=1S/C12H17N3OS/c1-13-11-6-9(8-2-3-8)14-12(15-11)10-7-17-5-4-16-10/h6,8,10H,2-5,7H2,1H3,(H,13,14,15). The van der Waals surface area contributed by atoms with Crippen molar-refractivity contribution in [1.82, 2.24) is 9.97 Å². The maximum Gasteiger partial charge on any atom is 0.160 e. The van der Waals surface area contributed by atoms with Gasteiger partial charge in [0.05, 0.1) is 6.61 Å². The molecule has 0 radical (unpaired) electrons. The predicted octanol–water partition coefficient (Wildman–Crippen LogP) is 2.20. The van der Waals surface area contributed by atoms with Crippen LogP contribution in [0.3, 0.4) is 0 Å². The molecule has 4 nitrogen and oxygen atoms in total. The van der Waals surface area contributed by atoms with E-state index in [2.05, 4.69) is 21.4 Å². The molecular formula is C12H17N3OS. The molecule has 1 aliphatic heterocycles. The van der Waals surface area contributed by atoms with Gasteiger partial charge in [0, 0.05) is 36.2 Å². The quantitative estimate of drug-likeness (QED) is 0.892. The Labute approximate surface area is 106 Å². The zero-order valence-electron chi connectivity index (χ0n) is 9.98. The van der Waals surface area contributed by atoms with E-state index in [1.165, 1.54) is 18.5 Å². The van der Waals surface area contributed by atoms with Gasteiger partial charge in [-0.05, 0) is 12.8 Å². The van der Waals surface area contributed by atoms with E-state index in [-0.39, 0.29) is 6.10 Å². The summed E-state index contributed by atoms with van der Waals surface area (Å²) in [5.41, 5.74) is 1.18. The van der Waals surface area contributed by atoms with Crippen molar-refractivity contribution >= 4 is 17.6 Å². The molecule has 2 fully saturated rings. The van der Waals surface area contributed by atoms with Crippen LogP contribution < -0.4 is 5.32 Å². The van der Waals surface area contributed by atoms with E-state index in [0.717, 1.165) is 29.8 Å². The third-order valence-electron chi connectivity index (χ3n) is 3.12. The Morgan fingerprint density at radius 2 is 2.29 bits per heavy atom. The minimum atomic E-state index is 0.0690. The van der Waals surface area contributed by atoms with Gasteiger partial charge >= 0.3 is 0 Å². The highest BCUT2D eigenvalue weighted by Crippen LogP contribution is 2.40. The summed E-state index contributed by atoms with van der Waals surface area (Å²) < 4.78 is 5.75. The predicted molar refractivity (Wildman–Crippen MR) is 69.6 cm³/mol. The fraction of sp³-hybridized carbons (Fsp3) is 0.667. The monoisotopic (exact) mass is 251 g/mol. The number of hydrogen-bond acceptors (Lipinski definition) is 5. The van der Waals surface area contributed by atoms with Crippen LogP contribution in [0.15, 0.2) is 6.07 Å². The van der Waals surface area contributed by atoms with E-state index >= 15 is 0 Å². The Morgan fingerprint density at radius 1 is 1.41 bits per heavy atom. The summed E-state index contributed by atoms with van der Waals surface area (Å²) in [6, 6.07) is 2.07. The largest absolute Gasteiger partial charge is 0.373 e. The highest BCUT2D eigenvalue weighted by molar-refractivity contribution is 7.99. The van der Waals surface area contributed by atoms with Gasteiger partial charge in [-0.2, -0.15) is 11.8 Å². The maximum absolute atomic E-state index is 5.75. The van der Waals surface area contributed by atoms with Gasteiger partial charge in [-0.1, -0.05) is 0 Å². The molecule has 1 N–H and O–H groups in total. The van der Waals surface area contributed by atoms with Crippen LogP contribution in [0.1, 0.15) is 36.4 Å². The Morgan fingerprint density at radius 3 is 2.94 bits per heavy atom. The molecule has 2 aliphatic rings. The van der Waals surface area contributed by atoms with E-state index in [1.54, 1.807) is 0 Å². The van der Waals surface area contributed by atoms with Gasteiger partial charge in [-0.25, -0.2) is 9.97 Å². The fourth-order valence-electron chi connectivity index (χ4n) is 1.98. The molecule has 1 unspecified atom stereocenters. The zero-order valence-corrected chi connectivity index (χ0v) is 10.8. The molecule has 1 aliphatic carbocycles. The van der Waals surface area contributed by atoms with Crippen LogP contribution in [0, 0.1) is 0 Å². The molecule has 0 aromatic carbocycles. The van der Waals surface area contributed by atoms with Crippen molar-refractivity contribution in [2.24, 2.45) is 0 Å². The number of nitrogens with one attached hydrogen (secondary N) is 1. The van der Waals surface area contributed by atoms with Gasteiger partial charge in [0.1, 0.15) is 11.9 Å². The Hall–Kier alpha value is -0.810. The molecule has 3 rings (SSSR count). The van der Waals surface area contributed by atoms with Crippen molar-refractivity contribution in [2.75, 3.05) is 30.5 Å². The van der Waals surface area contributed by atoms with Gasteiger partial charge in [0.25, 0.3) is 0 Å². The van der Waals surface area contributed by atoms with Crippen molar-refractivity contribution in [2.45, 2.75) is 24.9 Å². The number of anilines is 1. The van der Waals surface area contributed by atoms with Crippen molar-refractivity contribution in [3.8, 4) is 0 Å². The van der Waals surface area contributed by atoms with Crippen molar-refractivity contribution in [3.05, 3.63) is 17.6 Å². The normalized spacial score (nSPS) is 24.6. The van der Waals surface area contributed by atoms with E-state index in [0.29, 0.717) is 5.92 Å². The van der Waals surface area contributed by atoms with Crippen LogP contribution in [0.25, 0.3) is 0 Å². The first-order chi connectivity index (χ1) is 8.36. The highest BCUT2D eigenvalue weighted by Gasteiger charge is 2.28. The number of hydrogen-bond donors (Lipinski definition) is 1. The van der Waals surface area contributed by atoms with Crippen LogP contribution in [-0.2, 0) is 4.74 Å². The van der Waals surface area contributed by atoms with Crippen LogP contribution in [0.2, 0.25) is 0 Å². The van der Waals surface area contributed by atoms with Gasteiger partial charge in [0.2, 0.25) is 0 Å². The first kappa shape index (κ1) is 11.3. The Bertz CT molecular complexity index is 403. The summed E-state index contributed by atoms with van der Waals surface area (Å²) in [7, 11) is 1.90. The molecule has 17 heavy (non-hydrogen) atoms. The van der Waals surface area contributed by atoms with Crippen LogP contribution in [0.4, 0.5) is 5.82 Å². The minimum absolute atomic E-state index is 0.0690. The third kappa shape index (κ3) is 2.55. The summed E-state index contributed by atoms with van der Waals surface area (Å²) in [6.07, 6.45) is 2.60. The molecule has 0 spiro atoms. The molecule has 0 bridgehead atoms. The lowest BCUT2D eigenvalue weighted by atomic mass is 10.2. The van der Waals surface area contributed by atoms with Crippen molar-refractivity contribution in [3.63, 3.8) is 0 Å². The zero-order chi connectivity index (χ0) is 11.7. The fourth-order valence-corrected chi connectivity index (χ4v) is 2.82. The molecule has 2 heterocycles. The third-order valence-corrected chi connectivity index (χ3v) is 4.11. The average molecular weight is 251 g/mol. The Balaban J connectivity index is 1.88.